The van der Waals surface area contributed by atoms with E-state index in [1.807, 2.05) is 0 Å². The Balaban J connectivity index is 2.23. The molecule has 10 heteroatoms. The van der Waals surface area contributed by atoms with E-state index < -0.39 is 10.8 Å². The van der Waals surface area contributed by atoms with Crippen molar-refractivity contribution >= 4 is 40.3 Å². The molecule has 1 amide bonds. The van der Waals surface area contributed by atoms with Crippen LogP contribution in [0.5, 0.6) is 5.75 Å². The van der Waals surface area contributed by atoms with E-state index in [1.165, 1.54) is 37.4 Å². The van der Waals surface area contributed by atoms with Crippen LogP contribution in [0.4, 0.5) is 22.7 Å². The standard InChI is InChI=1S/C17H14ClN5O4/c1-27-16-5-3-12(23(25)26)7-15(16)21-9-10(8-19)17(24)22-14-4-2-11(20)6-13(14)18/h2-7,9,21H,20H2,1H3,(H,22,24)/b10-9-. The summed E-state index contributed by atoms with van der Waals surface area (Å²) in [5.74, 6) is -0.419. The van der Waals surface area contributed by atoms with Crippen LogP contribution in [0.15, 0.2) is 48.2 Å². The van der Waals surface area contributed by atoms with E-state index in [2.05, 4.69) is 10.6 Å². The molecular formula is C17H14ClN5O4. The smallest absolute Gasteiger partial charge is 0.271 e. The average Bonchev–Trinajstić information content (AvgIpc) is 2.64. The number of ether oxygens (including phenoxy) is 1. The van der Waals surface area contributed by atoms with Crippen LogP contribution >= 0.6 is 11.6 Å². The lowest BCUT2D eigenvalue weighted by Crippen LogP contribution is -2.15. The Bertz CT molecular complexity index is 968. The summed E-state index contributed by atoms with van der Waals surface area (Å²) < 4.78 is 5.10. The van der Waals surface area contributed by atoms with Crippen molar-refractivity contribution < 1.29 is 14.5 Å². The van der Waals surface area contributed by atoms with Crippen LogP contribution < -0.4 is 21.1 Å². The zero-order chi connectivity index (χ0) is 20.0. The molecule has 0 saturated heterocycles. The van der Waals surface area contributed by atoms with E-state index in [1.54, 1.807) is 12.1 Å². The highest BCUT2D eigenvalue weighted by molar-refractivity contribution is 6.34. The van der Waals surface area contributed by atoms with Crippen LogP contribution in [0, 0.1) is 21.4 Å². The van der Waals surface area contributed by atoms with Crippen LogP contribution in [0.25, 0.3) is 0 Å². The number of nitrogens with two attached hydrogens (primary N) is 1. The van der Waals surface area contributed by atoms with Crippen LogP contribution in [-0.2, 0) is 4.79 Å². The molecular weight excluding hydrogens is 374 g/mol. The number of nitro groups is 1. The van der Waals surface area contributed by atoms with Gasteiger partial charge in [-0.2, -0.15) is 5.26 Å². The number of halogens is 1. The predicted molar refractivity (Wildman–Crippen MR) is 101 cm³/mol. The van der Waals surface area contributed by atoms with E-state index in [0.29, 0.717) is 11.4 Å². The van der Waals surface area contributed by atoms with Gasteiger partial charge in [0, 0.05) is 24.0 Å². The number of methoxy groups -OCH3 is 1. The van der Waals surface area contributed by atoms with Crippen LogP contribution in [0.3, 0.4) is 0 Å². The van der Waals surface area contributed by atoms with Gasteiger partial charge in [0.15, 0.2) is 0 Å². The van der Waals surface area contributed by atoms with E-state index in [4.69, 9.17) is 22.1 Å². The highest BCUT2D eigenvalue weighted by Crippen LogP contribution is 2.29. The molecule has 0 aliphatic heterocycles. The molecule has 0 bridgehead atoms. The van der Waals surface area contributed by atoms with E-state index >= 15 is 0 Å². The van der Waals surface area contributed by atoms with Crippen molar-refractivity contribution in [2.45, 2.75) is 0 Å². The quantitative estimate of drug-likeness (QED) is 0.227. The van der Waals surface area contributed by atoms with Gasteiger partial charge < -0.3 is 21.1 Å². The van der Waals surface area contributed by atoms with E-state index in [9.17, 15) is 20.2 Å². The number of nitrogen functional groups attached to an aromatic ring is 1. The lowest BCUT2D eigenvalue weighted by atomic mass is 10.2. The summed E-state index contributed by atoms with van der Waals surface area (Å²) in [6.07, 6.45) is 1.11. The molecule has 0 spiro atoms. The molecule has 0 aliphatic carbocycles. The molecule has 0 aliphatic rings. The number of nitrogens with zero attached hydrogens (tertiary/aromatic N) is 2. The first-order valence-electron chi connectivity index (χ1n) is 7.41. The first-order valence-corrected chi connectivity index (χ1v) is 7.79. The molecule has 0 heterocycles. The normalized spacial score (nSPS) is 10.6. The van der Waals surface area contributed by atoms with Gasteiger partial charge in [-0.1, -0.05) is 11.6 Å². The number of carbonyl (C=O) groups excluding carboxylic acids is 1. The zero-order valence-corrected chi connectivity index (χ0v) is 14.8. The van der Waals surface area contributed by atoms with Gasteiger partial charge in [0.2, 0.25) is 0 Å². The summed E-state index contributed by atoms with van der Waals surface area (Å²) in [5.41, 5.74) is 6.05. The largest absolute Gasteiger partial charge is 0.495 e. The van der Waals surface area contributed by atoms with Crippen LogP contribution in [-0.4, -0.2) is 17.9 Å². The fourth-order valence-electron chi connectivity index (χ4n) is 2.04. The summed E-state index contributed by atoms with van der Waals surface area (Å²) in [5, 5.41) is 25.5. The first kappa shape index (κ1) is 19.6. The Labute approximate surface area is 159 Å². The molecule has 0 unspecified atom stereocenters. The molecule has 0 aromatic heterocycles. The number of benzene rings is 2. The predicted octanol–water partition coefficient (Wildman–Crippen LogP) is 3.30. The number of hydrogen-bond acceptors (Lipinski definition) is 7. The summed E-state index contributed by atoms with van der Waals surface area (Å²) >= 11 is 5.99. The van der Waals surface area contributed by atoms with Crippen LogP contribution in [0.2, 0.25) is 5.02 Å². The zero-order valence-electron chi connectivity index (χ0n) is 14.0. The Kier molecular flexibility index (Phi) is 6.19. The SMILES string of the molecule is COc1ccc([N+](=O)[O-])cc1N/C=C(/C#N)C(=O)Nc1ccc(N)cc1Cl. The third-order valence-corrected chi connectivity index (χ3v) is 3.69. The Morgan fingerprint density at radius 1 is 1.33 bits per heavy atom. The third kappa shape index (κ3) is 4.87. The van der Waals surface area contributed by atoms with Crippen molar-refractivity contribution in [3.8, 4) is 11.8 Å². The van der Waals surface area contributed by atoms with Gasteiger partial charge in [-0.15, -0.1) is 0 Å². The van der Waals surface area contributed by atoms with Gasteiger partial charge in [-0.05, 0) is 24.3 Å². The average molecular weight is 388 g/mol. The fraction of sp³-hybridized carbons (Fsp3) is 0.0588. The van der Waals surface area contributed by atoms with E-state index in [0.717, 1.165) is 6.20 Å². The van der Waals surface area contributed by atoms with Crippen molar-refractivity contribution in [1.82, 2.24) is 0 Å². The molecule has 4 N–H and O–H groups in total. The van der Waals surface area contributed by atoms with Crippen molar-refractivity contribution in [2.75, 3.05) is 23.5 Å². The second kappa shape index (κ2) is 8.55. The Morgan fingerprint density at radius 2 is 2.07 bits per heavy atom. The molecule has 9 nitrogen and oxygen atoms in total. The highest BCUT2D eigenvalue weighted by Gasteiger charge is 2.14. The summed E-state index contributed by atoms with van der Waals surface area (Å²) in [6.45, 7) is 0. The number of carbonyl (C=O) groups is 1. The molecule has 2 aromatic carbocycles. The molecule has 0 atom stereocenters. The summed E-state index contributed by atoms with van der Waals surface area (Å²) in [6, 6.07) is 10.1. The number of hydrogen-bond donors (Lipinski definition) is 3. The minimum atomic E-state index is -0.721. The molecule has 2 rings (SSSR count). The van der Waals surface area contributed by atoms with Crippen molar-refractivity contribution in [3.63, 3.8) is 0 Å². The number of non-ortho nitro benzene ring substituents is 1. The van der Waals surface area contributed by atoms with Crippen LogP contribution in [0.1, 0.15) is 0 Å². The third-order valence-electron chi connectivity index (χ3n) is 3.37. The minimum absolute atomic E-state index is 0.177. The number of nitrogens with one attached hydrogen (secondary N) is 2. The maximum absolute atomic E-state index is 12.3. The number of rotatable bonds is 6. The molecule has 27 heavy (non-hydrogen) atoms. The minimum Gasteiger partial charge on any atom is -0.495 e. The number of nitriles is 1. The molecule has 0 saturated carbocycles. The van der Waals surface area contributed by atoms with Crippen molar-refractivity contribution in [1.29, 1.82) is 5.26 Å². The fourth-order valence-corrected chi connectivity index (χ4v) is 2.28. The number of nitro benzene ring substituents is 1. The van der Waals surface area contributed by atoms with Gasteiger partial charge in [0.05, 0.1) is 28.4 Å². The van der Waals surface area contributed by atoms with Gasteiger partial charge in [-0.25, -0.2) is 0 Å². The number of amides is 1. The molecule has 2 aromatic rings. The first-order chi connectivity index (χ1) is 12.8. The Hall–Kier alpha value is -3.77. The molecule has 0 fully saturated rings. The summed E-state index contributed by atoms with van der Waals surface area (Å²) in [4.78, 5) is 22.6. The van der Waals surface area contributed by atoms with Crippen molar-refractivity contribution in [3.05, 3.63) is 63.3 Å². The second-order valence-electron chi connectivity index (χ2n) is 5.15. The van der Waals surface area contributed by atoms with Crippen molar-refractivity contribution in [2.24, 2.45) is 0 Å². The maximum atomic E-state index is 12.3. The lowest BCUT2D eigenvalue weighted by Gasteiger charge is -2.09. The summed E-state index contributed by atoms with van der Waals surface area (Å²) in [7, 11) is 1.39. The van der Waals surface area contributed by atoms with E-state index in [-0.39, 0.29) is 27.7 Å². The topological polar surface area (TPSA) is 143 Å². The second-order valence-corrected chi connectivity index (χ2v) is 5.56. The monoisotopic (exact) mass is 387 g/mol. The molecule has 138 valence electrons. The van der Waals surface area contributed by atoms with Gasteiger partial charge in [-0.3, -0.25) is 14.9 Å². The number of anilines is 3. The lowest BCUT2D eigenvalue weighted by molar-refractivity contribution is -0.384. The van der Waals surface area contributed by atoms with Gasteiger partial charge >= 0.3 is 0 Å². The van der Waals surface area contributed by atoms with Gasteiger partial charge in [0.1, 0.15) is 17.4 Å². The van der Waals surface area contributed by atoms with Gasteiger partial charge in [0.25, 0.3) is 11.6 Å². The Morgan fingerprint density at radius 3 is 2.67 bits per heavy atom. The molecule has 0 radical (unpaired) electrons. The highest BCUT2D eigenvalue weighted by atomic mass is 35.5. The maximum Gasteiger partial charge on any atom is 0.271 e.